The highest BCUT2D eigenvalue weighted by molar-refractivity contribution is 5.94. The second kappa shape index (κ2) is 6.70. The van der Waals surface area contributed by atoms with Crippen LogP contribution in [0, 0.1) is 23.6 Å². The molecule has 1 aliphatic heterocycles. The summed E-state index contributed by atoms with van der Waals surface area (Å²) in [5.74, 6) is 4.22. The van der Waals surface area contributed by atoms with E-state index in [9.17, 15) is 14.3 Å². The Kier molecular flexibility index (Phi) is 4.94. The number of rotatable bonds is 2. The number of amides is 1. The number of hydrogen-bond donors (Lipinski definition) is 2. The van der Waals surface area contributed by atoms with Gasteiger partial charge in [-0.15, -0.1) is 0 Å². The smallest absolute Gasteiger partial charge is 0.254 e. The molecule has 1 saturated heterocycles. The van der Waals surface area contributed by atoms with Gasteiger partial charge in [0.2, 0.25) is 0 Å². The maximum absolute atomic E-state index is 13.9. The maximum atomic E-state index is 13.9. The minimum Gasteiger partial charge on any atom is -0.394 e. The second-order valence-corrected chi connectivity index (χ2v) is 5.17. The van der Waals surface area contributed by atoms with Crippen LogP contribution in [-0.4, -0.2) is 46.8 Å². The lowest BCUT2D eigenvalue weighted by atomic mass is 10.0. The van der Waals surface area contributed by atoms with Crippen LogP contribution in [0.1, 0.15) is 29.3 Å². The van der Waals surface area contributed by atoms with Crippen LogP contribution in [0.15, 0.2) is 18.2 Å². The molecule has 2 unspecified atom stereocenters. The molecule has 1 heterocycles. The van der Waals surface area contributed by atoms with Crippen molar-refractivity contribution in [3.05, 3.63) is 35.1 Å². The minimum absolute atomic E-state index is 0.0878. The number of nitrogens with zero attached hydrogens (tertiary/aromatic N) is 1. The number of halogens is 1. The van der Waals surface area contributed by atoms with Gasteiger partial charge in [0.1, 0.15) is 12.4 Å². The van der Waals surface area contributed by atoms with Crippen LogP contribution in [0.25, 0.3) is 0 Å². The number of aliphatic hydroxyl groups excluding tert-OH is 2. The Morgan fingerprint density at radius 2 is 2.24 bits per heavy atom. The first-order valence-electron chi connectivity index (χ1n) is 6.89. The van der Waals surface area contributed by atoms with Gasteiger partial charge in [-0.25, -0.2) is 4.39 Å². The van der Waals surface area contributed by atoms with Crippen LogP contribution in [0.2, 0.25) is 0 Å². The fourth-order valence-electron chi connectivity index (χ4n) is 2.59. The average Bonchev–Trinajstić information content (AvgIpc) is 2.86. The molecule has 0 aromatic heterocycles. The van der Waals surface area contributed by atoms with Crippen molar-refractivity contribution < 1.29 is 19.4 Å². The van der Waals surface area contributed by atoms with Crippen LogP contribution in [0.3, 0.4) is 0 Å². The molecule has 5 heteroatoms. The molecule has 2 atom stereocenters. The zero-order chi connectivity index (χ0) is 15.4. The van der Waals surface area contributed by atoms with E-state index >= 15 is 0 Å². The van der Waals surface area contributed by atoms with Crippen LogP contribution in [-0.2, 0) is 0 Å². The maximum Gasteiger partial charge on any atom is 0.254 e. The molecular formula is C16H18FNO3. The Hall–Kier alpha value is -1.90. The summed E-state index contributed by atoms with van der Waals surface area (Å²) in [6.07, 6.45) is 0.833. The highest BCUT2D eigenvalue weighted by atomic mass is 19.1. The van der Waals surface area contributed by atoms with E-state index in [0.717, 1.165) is 12.5 Å². The van der Waals surface area contributed by atoms with Gasteiger partial charge in [0.05, 0.1) is 18.2 Å². The van der Waals surface area contributed by atoms with Gasteiger partial charge in [-0.05, 0) is 30.5 Å². The van der Waals surface area contributed by atoms with Gasteiger partial charge in [-0.3, -0.25) is 4.79 Å². The van der Waals surface area contributed by atoms with Crippen molar-refractivity contribution in [1.82, 2.24) is 4.90 Å². The Morgan fingerprint density at radius 3 is 2.86 bits per heavy atom. The lowest BCUT2D eigenvalue weighted by molar-refractivity contribution is 0.0647. The molecule has 2 rings (SSSR count). The predicted octanol–water partition coefficient (Wildman–Crippen LogP) is 1.01. The van der Waals surface area contributed by atoms with Crippen molar-refractivity contribution in [3.63, 3.8) is 0 Å². The summed E-state index contributed by atoms with van der Waals surface area (Å²) in [4.78, 5) is 14.0. The third-order valence-corrected chi connectivity index (χ3v) is 3.85. The second-order valence-electron chi connectivity index (χ2n) is 5.17. The van der Waals surface area contributed by atoms with Crippen molar-refractivity contribution in [2.45, 2.75) is 19.4 Å². The van der Waals surface area contributed by atoms with Crippen molar-refractivity contribution in [2.24, 2.45) is 5.92 Å². The van der Waals surface area contributed by atoms with E-state index in [1.54, 1.807) is 4.90 Å². The fraction of sp³-hybridized carbons (Fsp3) is 0.438. The predicted molar refractivity (Wildman–Crippen MR) is 76.1 cm³/mol. The number of carbonyl (C=O) groups is 1. The lowest BCUT2D eigenvalue weighted by Crippen LogP contribution is -2.39. The van der Waals surface area contributed by atoms with E-state index in [1.165, 1.54) is 12.1 Å². The first kappa shape index (κ1) is 15.5. The quantitative estimate of drug-likeness (QED) is 0.800. The Bertz CT molecular complexity index is 591. The van der Waals surface area contributed by atoms with Gasteiger partial charge in [-0.2, -0.15) is 0 Å². The average molecular weight is 291 g/mol. The molecule has 1 fully saturated rings. The molecule has 4 nitrogen and oxygen atoms in total. The van der Waals surface area contributed by atoms with E-state index < -0.39 is 5.82 Å². The van der Waals surface area contributed by atoms with Gasteiger partial charge in [0, 0.05) is 12.1 Å². The van der Waals surface area contributed by atoms with Gasteiger partial charge >= 0.3 is 0 Å². The zero-order valence-electron chi connectivity index (χ0n) is 11.8. The molecule has 1 aromatic carbocycles. The highest BCUT2D eigenvalue weighted by Crippen LogP contribution is 2.25. The summed E-state index contributed by atoms with van der Waals surface area (Å²) in [5.41, 5.74) is 0.392. The van der Waals surface area contributed by atoms with Gasteiger partial charge in [0.25, 0.3) is 5.91 Å². The summed E-state index contributed by atoms with van der Waals surface area (Å²) < 4.78 is 13.9. The van der Waals surface area contributed by atoms with Crippen LogP contribution < -0.4 is 0 Å². The van der Waals surface area contributed by atoms with Gasteiger partial charge in [0.15, 0.2) is 0 Å². The van der Waals surface area contributed by atoms with Crippen molar-refractivity contribution >= 4 is 5.91 Å². The Labute approximate surface area is 123 Å². The molecule has 0 bridgehead atoms. The van der Waals surface area contributed by atoms with Crippen LogP contribution in [0.4, 0.5) is 4.39 Å². The van der Waals surface area contributed by atoms with Crippen LogP contribution >= 0.6 is 0 Å². The Morgan fingerprint density at radius 1 is 1.48 bits per heavy atom. The lowest BCUT2D eigenvalue weighted by Gasteiger charge is -2.25. The molecule has 21 heavy (non-hydrogen) atoms. The summed E-state index contributed by atoms with van der Waals surface area (Å²) in [7, 11) is 0. The first-order valence-corrected chi connectivity index (χ1v) is 6.89. The first-order chi connectivity index (χ1) is 10.1. The SMILES string of the molecule is CC1CCN(C(=O)c2ccc(C#CCO)c(F)c2)C1CO. The highest BCUT2D eigenvalue weighted by Gasteiger charge is 2.34. The molecular weight excluding hydrogens is 273 g/mol. The monoisotopic (exact) mass is 291 g/mol. The van der Waals surface area contributed by atoms with Crippen molar-refractivity contribution in [2.75, 3.05) is 19.8 Å². The number of hydrogen-bond acceptors (Lipinski definition) is 3. The molecule has 0 spiro atoms. The van der Waals surface area contributed by atoms with E-state index in [2.05, 4.69) is 11.8 Å². The van der Waals surface area contributed by atoms with E-state index in [0.29, 0.717) is 6.54 Å². The van der Waals surface area contributed by atoms with Crippen molar-refractivity contribution in [1.29, 1.82) is 0 Å². The molecule has 0 radical (unpaired) electrons. The number of likely N-dealkylation sites (tertiary alicyclic amines) is 1. The van der Waals surface area contributed by atoms with Gasteiger partial charge in [-0.1, -0.05) is 18.8 Å². The van der Waals surface area contributed by atoms with E-state index in [-0.39, 0.29) is 42.2 Å². The van der Waals surface area contributed by atoms with Crippen molar-refractivity contribution in [3.8, 4) is 11.8 Å². The number of carbonyl (C=O) groups excluding carboxylic acids is 1. The van der Waals surface area contributed by atoms with E-state index in [1.807, 2.05) is 6.92 Å². The summed E-state index contributed by atoms with van der Waals surface area (Å²) in [6.45, 7) is 2.13. The molecule has 1 aliphatic rings. The topological polar surface area (TPSA) is 60.8 Å². The number of aliphatic hydroxyl groups is 2. The van der Waals surface area contributed by atoms with Crippen LogP contribution in [0.5, 0.6) is 0 Å². The molecule has 0 aliphatic carbocycles. The molecule has 2 N–H and O–H groups in total. The summed E-state index contributed by atoms with van der Waals surface area (Å²) in [6, 6.07) is 3.89. The van der Waals surface area contributed by atoms with E-state index in [4.69, 9.17) is 5.11 Å². The largest absolute Gasteiger partial charge is 0.394 e. The normalized spacial score (nSPS) is 21.0. The summed E-state index contributed by atoms with van der Waals surface area (Å²) in [5, 5.41) is 18.0. The molecule has 1 aromatic rings. The standard InChI is InChI=1S/C16H18FNO3/c1-11-6-7-18(15(11)10-20)16(21)13-5-4-12(3-2-8-19)14(17)9-13/h4-5,9,11,15,19-20H,6-8,10H2,1H3. The van der Waals surface area contributed by atoms with Gasteiger partial charge < -0.3 is 15.1 Å². The summed E-state index contributed by atoms with van der Waals surface area (Å²) >= 11 is 0. The molecule has 112 valence electrons. The third-order valence-electron chi connectivity index (χ3n) is 3.85. The third kappa shape index (κ3) is 3.23. The minimum atomic E-state index is -0.588. The Balaban J connectivity index is 2.22. The fourth-order valence-corrected chi connectivity index (χ4v) is 2.59. The number of benzene rings is 1. The zero-order valence-corrected chi connectivity index (χ0v) is 11.8. The molecule has 0 saturated carbocycles. The molecule has 1 amide bonds.